The molecule has 0 saturated carbocycles. The zero-order chi connectivity index (χ0) is 13.6. The van der Waals surface area contributed by atoms with Crippen molar-refractivity contribution in [2.45, 2.75) is 32.2 Å². The molecule has 4 N–H and O–H groups in total. The van der Waals surface area contributed by atoms with Crippen LogP contribution in [0.25, 0.3) is 0 Å². The van der Waals surface area contributed by atoms with Crippen molar-refractivity contribution in [3.05, 3.63) is 18.2 Å². The summed E-state index contributed by atoms with van der Waals surface area (Å²) in [5.41, 5.74) is 0.157. The molecule has 0 aromatic carbocycles. The van der Waals surface area contributed by atoms with Gasteiger partial charge in [-0.2, -0.15) is 0 Å². The summed E-state index contributed by atoms with van der Waals surface area (Å²) < 4.78 is 0. The average molecular weight is 254 g/mol. The van der Waals surface area contributed by atoms with Gasteiger partial charge in [0.15, 0.2) is 0 Å². The van der Waals surface area contributed by atoms with E-state index in [-0.39, 0.29) is 12.5 Å². The van der Waals surface area contributed by atoms with Gasteiger partial charge in [0.2, 0.25) is 0 Å². The van der Waals surface area contributed by atoms with Gasteiger partial charge in [0.1, 0.15) is 0 Å². The van der Waals surface area contributed by atoms with Gasteiger partial charge < -0.3 is 20.7 Å². The molecule has 1 aromatic heterocycles. The van der Waals surface area contributed by atoms with E-state index in [0.29, 0.717) is 13.0 Å². The fraction of sp³-hybridized carbons (Fsp3) is 0.545. The fourth-order valence-corrected chi connectivity index (χ4v) is 1.51. The number of urea groups is 1. The van der Waals surface area contributed by atoms with Gasteiger partial charge in [-0.05, 0) is 13.8 Å². The maximum atomic E-state index is 11.5. The predicted molar refractivity (Wildman–Crippen MR) is 65.2 cm³/mol. The van der Waals surface area contributed by atoms with E-state index in [4.69, 9.17) is 5.11 Å². The molecule has 0 fully saturated rings. The highest BCUT2D eigenvalue weighted by molar-refractivity contribution is 5.76. The number of carbonyl (C=O) groups excluding carboxylic acids is 1. The van der Waals surface area contributed by atoms with Gasteiger partial charge in [-0.15, -0.1) is 0 Å². The van der Waals surface area contributed by atoms with Crippen LogP contribution >= 0.6 is 0 Å². The third-order valence-electron chi connectivity index (χ3n) is 2.28. The normalized spacial score (nSPS) is 11.0. The lowest BCUT2D eigenvalue weighted by Gasteiger charge is -2.24. The Hall–Kier alpha value is -2.05. The first-order chi connectivity index (χ1) is 8.39. The molecule has 0 bridgehead atoms. The van der Waals surface area contributed by atoms with Crippen LogP contribution in [-0.4, -0.2) is 39.2 Å². The van der Waals surface area contributed by atoms with Crippen LogP contribution in [0.4, 0.5) is 4.79 Å². The van der Waals surface area contributed by atoms with Gasteiger partial charge in [-0.3, -0.25) is 4.79 Å². The molecule has 2 amide bonds. The Balaban J connectivity index is 2.26. The van der Waals surface area contributed by atoms with Crippen molar-refractivity contribution in [3.8, 4) is 0 Å². The summed E-state index contributed by atoms with van der Waals surface area (Å²) >= 11 is 0. The molecule has 18 heavy (non-hydrogen) atoms. The topological polar surface area (TPSA) is 107 Å². The number of hydrogen-bond donors (Lipinski definition) is 4. The molecule has 1 aromatic rings. The van der Waals surface area contributed by atoms with E-state index in [9.17, 15) is 9.59 Å². The minimum absolute atomic E-state index is 0.124. The zero-order valence-electron chi connectivity index (χ0n) is 10.5. The summed E-state index contributed by atoms with van der Waals surface area (Å²) in [5, 5.41) is 14.0. The molecule has 0 aliphatic heterocycles. The van der Waals surface area contributed by atoms with E-state index in [1.807, 2.05) is 0 Å². The maximum absolute atomic E-state index is 11.5. The van der Waals surface area contributed by atoms with Gasteiger partial charge in [-0.1, -0.05) is 0 Å². The number of aromatic nitrogens is 2. The smallest absolute Gasteiger partial charge is 0.315 e. The molecule has 0 aliphatic rings. The number of nitrogens with zero attached hydrogens (tertiary/aromatic N) is 1. The van der Waals surface area contributed by atoms with Crippen molar-refractivity contribution in [2.24, 2.45) is 0 Å². The van der Waals surface area contributed by atoms with E-state index >= 15 is 0 Å². The second-order valence-electron chi connectivity index (χ2n) is 4.66. The van der Waals surface area contributed by atoms with Crippen molar-refractivity contribution in [2.75, 3.05) is 6.54 Å². The van der Waals surface area contributed by atoms with E-state index in [1.165, 1.54) is 0 Å². The molecule has 100 valence electrons. The number of carboxylic acid groups (broad SMARTS) is 1. The number of rotatable bonds is 6. The molecule has 0 spiro atoms. The van der Waals surface area contributed by atoms with E-state index in [2.05, 4.69) is 20.6 Å². The predicted octanol–water partition coefficient (Wildman–Crippen LogP) is 0.505. The van der Waals surface area contributed by atoms with E-state index < -0.39 is 11.5 Å². The summed E-state index contributed by atoms with van der Waals surface area (Å²) in [7, 11) is 0. The molecule has 0 unspecified atom stereocenters. The Bertz CT molecular complexity index is 400. The highest BCUT2D eigenvalue weighted by Gasteiger charge is 2.23. The van der Waals surface area contributed by atoms with E-state index in [1.54, 1.807) is 26.4 Å². The Kier molecular flexibility index (Phi) is 4.70. The Labute approximate surface area is 105 Å². The zero-order valence-corrected chi connectivity index (χ0v) is 10.5. The quantitative estimate of drug-likeness (QED) is 0.593. The lowest BCUT2D eigenvalue weighted by atomic mass is 10.0. The van der Waals surface area contributed by atoms with Crippen LogP contribution in [0.5, 0.6) is 0 Å². The first-order valence-electron chi connectivity index (χ1n) is 5.64. The number of hydrogen-bond acceptors (Lipinski definition) is 3. The van der Waals surface area contributed by atoms with Gasteiger partial charge in [-0.25, -0.2) is 9.78 Å². The minimum Gasteiger partial charge on any atom is -0.481 e. The van der Waals surface area contributed by atoms with Crippen molar-refractivity contribution in [1.29, 1.82) is 0 Å². The summed E-state index contributed by atoms with van der Waals surface area (Å²) in [4.78, 5) is 28.9. The third kappa shape index (κ3) is 5.33. The molecule has 0 atom stereocenters. The fourth-order valence-electron chi connectivity index (χ4n) is 1.51. The number of carboxylic acids is 1. The summed E-state index contributed by atoms with van der Waals surface area (Å²) in [6, 6.07) is -0.374. The van der Waals surface area contributed by atoms with Crippen LogP contribution in [0.3, 0.4) is 0 Å². The number of aliphatic carboxylic acids is 1. The molecule has 1 heterocycles. The molecule has 7 nitrogen and oxygen atoms in total. The first kappa shape index (κ1) is 14.0. The standard InChI is InChI=1S/C11H18N4O3/c1-11(2,5-9(16)17)15-10(18)13-4-3-8-6-12-7-14-8/h6-7H,3-5H2,1-2H3,(H,12,14)(H,16,17)(H2,13,15,18). The SMILES string of the molecule is CC(C)(CC(=O)O)NC(=O)NCCc1cnc[nH]1. The first-order valence-corrected chi connectivity index (χ1v) is 5.64. The number of H-pyrrole nitrogens is 1. The van der Waals surface area contributed by atoms with Crippen molar-refractivity contribution >= 4 is 12.0 Å². The van der Waals surface area contributed by atoms with Gasteiger partial charge >= 0.3 is 12.0 Å². The van der Waals surface area contributed by atoms with Crippen LogP contribution in [0.15, 0.2) is 12.5 Å². The van der Waals surface area contributed by atoms with Crippen molar-refractivity contribution in [3.63, 3.8) is 0 Å². The molecule has 0 radical (unpaired) electrons. The molecule has 7 heteroatoms. The summed E-state index contributed by atoms with van der Waals surface area (Å²) in [6.07, 6.45) is 3.78. The Morgan fingerprint density at radius 1 is 1.50 bits per heavy atom. The Morgan fingerprint density at radius 2 is 2.22 bits per heavy atom. The van der Waals surface area contributed by atoms with Crippen molar-refractivity contribution < 1.29 is 14.7 Å². The lowest BCUT2D eigenvalue weighted by molar-refractivity contribution is -0.138. The van der Waals surface area contributed by atoms with Gasteiger partial charge in [0, 0.05) is 30.4 Å². The Morgan fingerprint density at radius 3 is 2.78 bits per heavy atom. The second-order valence-corrected chi connectivity index (χ2v) is 4.66. The minimum atomic E-state index is -0.947. The van der Waals surface area contributed by atoms with E-state index in [0.717, 1.165) is 5.69 Å². The van der Waals surface area contributed by atoms with Crippen LogP contribution in [0.2, 0.25) is 0 Å². The highest BCUT2D eigenvalue weighted by atomic mass is 16.4. The number of aromatic amines is 1. The van der Waals surface area contributed by atoms with Crippen LogP contribution < -0.4 is 10.6 Å². The lowest BCUT2D eigenvalue weighted by Crippen LogP contribution is -2.49. The maximum Gasteiger partial charge on any atom is 0.315 e. The number of nitrogens with one attached hydrogen (secondary N) is 3. The van der Waals surface area contributed by atoms with Gasteiger partial charge in [0.05, 0.1) is 12.7 Å². The van der Waals surface area contributed by atoms with Gasteiger partial charge in [0.25, 0.3) is 0 Å². The molecular weight excluding hydrogens is 236 g/mol. The number of amides is 2. The monoisotopic (exact) mass is 254 g/mol. The van der Waals surface area contributed by atoms with Crippen LogP contribution in [0.1, 0.15) is 26.0 Å². The van der Waals surface area contributed by atoms with Crippen LogP contribution in [-0.2, 0) is 11.2 Å². The highest BCUT2D eigenvalue weighted by Crippen LogP contribution is 2.07. The number of imidazole rings is 1. The molecular formula is C11H18N4O3. The average Bonchev–Trinajstić information content (AvgIpc) is 2.66. The van der Waals surface area contributed by atoms with Crippen molar-refractivity contribution in [1.82, 2.24) is 20.6 Å². The largest absolute Gasteiger partial charge is 0.481 e. The molecule has 0 aliphatic carbocycles. The second kappa shape index (κ2) is 6.04. The third-order valence-corrected chi connectivity index (χ3v) is 2.28. The summed E-state index contributed by atoms with van der Waals surface area (Å²) in [6.45, 7) is 3.78. The van der Waals surface area contributed by atoms with Crippen LogP contribution in [0, 0.1) is 0 Å². The molecule has 0 saturated heterocycles. The summed E-state index contributed by atoms with van der Waals surface area (Å²) in [5.74, 6) is -0.947. The number of carbonyl (C=O) groups is 2. The molecule has 1 rings (SSSR count).